The quantitative estimate of drug-likeness (QED) is 0.567. The van der Waals surface area contributed by atoms with Crippen molar-refractivity contribution in [3.63, 3.8) is 0 Å². The molecule has 0 unspecified atom stereocenters. The number of hydrogen-bond donors (Lipinski definition) is 1. The second kappa shape index (κ2) is 6.44. The van der Waals surface area contributed by atoms with Gasteiger partial charge in [-0.2, -0.15) is 5.10 Å². The molecular formula is C16H15N3O2S. The molecule has 0 aliphatic rings. The molecule has 2 heterocycles. The fourth-order valence-electron chi connectivity index (χ4n) is 1.91. The molecule has 0 aliphatic heterocycles. The first-order chi connectivity index (χ1) is 10.7. The fraction of sp³-hybridized carbons (Fsp3) is 0.125. The minimum absolute atomic E-state index is 0.703. The number of aromatic nitrogens is 1. The number of methoxy groups -OCH3 is 1. The predicted octanol–water partition coefficient (Wildman–Crippen LogP) is 4.17. The summed E-state index contributed by atoms with van der Waals surface area (Å²) in [6.45, 7) is 1.89. The Morgan fingerprint density at radius 3 is 3.00 bits per heavy atom. The first-order valence-electron chi connectivity index (χ1n) is 6.70. The van der Waals surface area contributed by atoms with Crippen LogP contribution in [0.2, 0.25) is 0 Å². The van der Waals surface area contributed by atoms with Crippen LogP contribution in [0.15, 0.2) is 51.3 Å². The first kappa shape index (κ1) is 14.3. The molecule has 1 aromatic carbocycles. The maximum Gasteiger partial charge on any atom is 0.203 e. The number of ether oxygens (including phenoxy) is 1. The van der Waals surface area contributed by atoms with E-state index in [1.165, 1.54) is 11.3 Å². The minimum Gasteiger partial charge on any atom is -0.497 e. The Morgan fingerprint density at radius 1 is 1.32 bits per heavy atom. The molecule has 2 aromatic heterocycles. The Bertz CT molecular complexity index is 792. The zero-order valence-corrected chi connectivity index (χ0v) is 13.1. The van der Waals surface area contributed by atoms with Gasteiger partial charge in [0.2, 0.25) is 5.13 Å². The topological polar surface area (TPSA) is 59.6 Å². The van der Waals surface area contributed by atoms with Gasteiger partial charge in [-0.3, -0.25) is 5.43 Å². The van der Waals surface area contributed by atoms with Gasteiger partial charge in [-0.05, 0) is 31.2 Å². The van der Waals surface area contributed by atoms with Gasteiger partial charge in [-0.15, -0.1) is 11.3 Å². The summed E-state index contributed by atoms with van der Waals surface area (Å²) in [5, 5.41) is 6.82. The van der Waals surface area contributed by atoms with Crippen LogP contribution in [0.5, 0.6) is 5.75 Å². The van der Waals surface area contributed by atoms with Gasteiger partial charge in [0, 0.05) is 10.9 Å². The highest BCUT2D eigenvalue weighted by atomic mass is 32.1. The molecule has 0 bridgehead atoms. The molecule has 0 fully saturated rings. The molecule has 1 N–H and O–H groups in total. The Kier molecular flexibility index (Phi) is 4.20. The highest BCUT2D eigenvalue weighted by Crippen LogP contribution is 2.27. The lowest BCUT2D eigenvalue weighted by Crippen LogP contribution is -1.89. The normalized spacial score (nSPS) is 11.0. The van der Waals surface area contributed by atoms with E-state index in [2.05, 4.69) is 15.5 Å². The Hall–Kier alpha value is -2.60. The molecule has 0 aliphatic carbocycles. The van der Waals surface area contributed by atoms with Crippen molar-refractivity contribution in [3.05, 3.63) is 53.3 Å². The molecule has 0 saturated heterocycles. The van der Waals surface area contributed by atoms with Crippen molar-refractivity contribution in [3.8, 4) is 17.0 Å². The van der Waals surface area contributed by atoms with Crippen molar-refractivity contribution in [2.75, 3.05) is 12.5 Å². The molecule has 5 nitrogen and oxygen atoms in total. The molecular weight excluding hydrogens is 298 g/mol. The number of anilines is 1. The van der Waals surface area contributed by atoms with Gasteiger partial charge in [0.15, 0.2) is 0 Å². The van der Waals surface area contributed by atoms with E-state index < -0.39 is 0 Å². The van der Waals surface area contributed by atoms with Crippen LogP contribution in [0.3, 0.4) is 0 Å². The number of furan rings is 1. The summed E-state index contributed by atoms with van der Waals surface area (Å²) in [5.41, 5.74) is 4.80. The van der Waals surface area contributed by atoms with Crippen molar-refractivity contribution in [1.29, 1.82) is 0 Å². The largest absolute Gasteiger partial charge is 0.497 e. The molecule has 0 saturated carbocycles. The predicted molar refractivity (Wildman–Crippen MR) is 88.8 cm³/mol. The summed E-state index contributed by atoms with van der Waals surface area (Å²) in [4.78, 5) is 4.50. The van der Waals surface area contributed by atoms with Crippen molar-refractivity contribution >= 4 is 22.7 Å². The molecule has 0 amide bonds. The number of thiazole rings is 1. The monoisotopic (exact) mass is 313 g/mol. The van der Waals surface area contributed by atoms with Crippen LogP contribution < -0.4 is 10.2 Å². The second-order valence-corrected chi connectivity index (χ2v) is 5.45. The number of hydrazone groups is 1. The van der Waals surface area contributed by atoms with Crippen LogP contribution in [0.25, 0.3) is 11.3 Å². The number of aryl methyl sites for hydroxylation is 1. The number of hydrogen-bond acceptors (Lipinski definition) is 6. The van der Waals surface area contributed by atoms with Gasteiger partial charge in [0.05, 0.1) is 19.0 Å². The number of benzene rings is 1. The van der Waals surface area contributed by atoms with Crippen LogP contribution in [-0.4, -0.2) is 18.3 Å². The SMILES string of the molecule is COc1cccc(-c2csc(N/N=C\c3ccc(C)o3)n2)c1. The Balaban J connectivity index is 1.69. The zero-order valence-electron chi connectivity index (χ0n) is 12.2. The van der Waals surface area contributed by atoms with E-state index in [0.29, 0.717) is 5.76 Å². The summed E-state index contributed by atoms with van der Waals surface area (Å²) in [6.07, 6.45) is 1.62. The Labute approximate surface area is 132 Å². The van der Waals surface area contributed by atoms with Gasteiger partial charge >= 0.3 is 0 Å². The fourth-order valence-corrected chi connectivity index (χ4v) is 2.58. The molecule has 112 valence electrons. The van der Waals surface area contributed by atoms with Crippen LogP contribution in [0.4, 0.5) is 5.13 Å². The molecule has 3 rings (SSSR count). The van der Waals surface area contributed by atoms with Crippen LogP contribution in [-0.2, 0) is 0 Å². The molecule has 3 aromatic rings. The van der Waals surface area contributed by atoms with Gasteiger partial charge in [-0.1, -0.05) is 12.1 Å². The summed E-state index contributed by atoms with van der Waals surface area (Å²) >= 11 is 1.49. The van der Waals surface area contributed by atoms with E-state index in [4.69, 9.17) is 9.15 Å². The smallest absolute Gasteiger partial charge is 0.203 e. The molecule has 0 radical (unpaired) electrons. The highest BCUT2D eigenvalue weighted by molar-refractivity contribution is 7.14. The van der Waals surface area contributed by atoms with E-state index in [-0.39, 0.29) is 0 Å². The second-order valence-electron chi connectivity index (χ2n) is 4.59. The Morgan fingerprint density at radius 2 is 2.23 bits per heavy atom. The standard InChI is InChI=1S/C16H15N3O2S/c1-11-6-7-14(21-11)9-17-19-16-18-15(10-22-16)12-4-3-5-13(8-12)20-2/h3-10H,1-2H3,(H,18,19)/b17-9-. The number of nitrogens with zero attached hydrogens (tertiary/aromatic N) is 2. The minimum atomic E-state index is 0.703. The third-order valence-corrected chi connectivity index (χ3v) is 3.73. The average molecular weight is 313 g/mol. The van der Waals surface area contributed by atoms with Crippen molar-refractivity contribution in [2.24, 2.45) is 5.10 Å². The lowest BCUT2D eigenvalue weighted by molar-refractivity contribution is 0.415. The van der Waals surface area contributed by atoms with Crippen LogP contribution >= 0.6 is 11.3 Å². The summed E-state index contributed by atoms with van der Waals surface area (Å²) in [5.74, 6) is 2.37. The van der Waals surface area contributed by atoms with Crippen LogP contribution in [0, 0.1) is 6.92 Å². The molecule has 0 spiro atoms. The number of nitrogens with one attached hydrogen (secondary N) is 1. The van der Waals surface area contributed by atoms with Gasteiger partial charge in [-0.25, -0.2) is 4.98 Å². The lowest BCUT2D eigenvalue weighted by atomic mass is 10.2. The summed E-state index contributed by atoms with van der Waals surface area (Å²) in [6, 6.07) is 11.6. The lowest BCUT2D eigenvalue weighted by Gasteiger charge is -2.01. The van der Waals surface area contributed by atoms with Crippen molar-refractivity contribution in [2.45, 2.75) is 6.92 Å². The van der Waals surface area contributed by atoms with E-state index in [1.807, 2.05) is 48.7 Å². The van der Waals surface area contributed by atoms with E-state index in [1.54, 1.807) is 13.3 Å². The van der Waals surface area contributed by atoms with E-state index >= 15 is 0 Å². The highest BCUT2D eigenvalue weighted by Gasteiger charge is 2.05. The maximum atomic E-state index is 5.40. The molecule has 0 atom stereocenters. The van der Waals surface area contributed by atoms with Gasteiger partial charge in [0.1, 0.15) is 17.3 Å². The average Bonchev–Trinajstić information content (AvgIpc) is 3.17. The van der Waals surface area contributed by atoms with Gasteiger partial charge < -0.3 is 9.15 Å². The molecule has 22 heavy (non-hydrogen) atoms. The third-order valence-electron chi connectivity index (χ3n) is 2.98. The summed E-state index contributed by atoms with van der Waals surface area (Å²) in [7, 11) is 1.65. The third kappa shape index (κ3) is 3.35. The van der Waals surface area contributed by atoms with Gasteiger partial charge in [0.25, 0.3) is 0 Å². The van der Waals surface area contributed by atoms with E-state index in [0.717, 1.165) is 27.9 Å². The molecule has 6 heteroatoms. The van der Waals surface area contributed by atoms with Crippen molar-refractivity contribution in [1.82, 2.24) is 4.98 Å². The van der Waals surface area contributed by atoms with Crippen molar-refractivity contribution < 1.29 is 9.15 Å². The van der Waals surface area contributed by atoms with Crippen LogP contribution in [0.1, 0.15) is 11.5 Å². The number of rotatable bonds is 5. The maximum absolute atomic E-state index is 5.40. The zero-order chi connectivity index (χ0) is 15.4. The summed E-state index contributed by atoms with van der Waals surface area (Å²) < 4.78 is 10.6. The van der Waals surface area contributed by atoms with E-state index in [9.17, 15) is 0 Å². The first-order valence-corrected chi connectivity index (χ1v) is 7.58.